The van der Waals surface area contributed by atoms with Crippen molar-refractivity contribution in [1.82, 2.24) is 4.98 Å². The molecule has 0 saturated carbocycles. The number of sulfonamides is 1. The number of methoxy groups -OCH3 is 1. The van der Waals surface area contributed by atoms with Gasteiger partial charge in [0.2, 0.25) is 10.0 Å². The molecule has 0 aliphatic rings. The second kappa shape index (κ2) is 8.50. The molecule has 1 heterocycles. The zero-order chi connectivity index (χ0) is 21.2. The summed E-state index contributed by atoms with van der Waals surface area (Å²) >= 11 is 7.48. The van der Waals surface area contributed by atoms with Crippen molar-refractivity contribution >= 4 is 44.0 Å². The minimum atomic E-state index is -3.95. The number of nitrogens with one attached hydrogen (secondary N) is 1. The normalized spacial score (nSPS) is 11.3. The van der Waals surface area contributed by atoms with Gasteiger partial charge in [-0.25, -0.2) is 18.5 Å². The van der Waals surface area contributed by atoms with Crippen molar-refractivity contribution in [3.05, 3.63) is 69.2 Å². The van der Waals surface area contributed by atoms with Crippen LogP contribution in [0, 0.1) is 6.92 Å². The third kappa shape index (κ3) is 5.13. The Balaban J connectivity index is 1.79. The van der Waals surface area contributed by atoms with E-state index in [9.17, 15) is 13.2 Å². The second-order valence-electron chi connectivity index (χ2n) is 6.25. The number of carbonyl (C=O) groups is 1. The Morgan fingerprint density at radius 2 is 2.03 bits per heavy atom. The largest absolute Gasteiger partial charge is 0.496 e. The van der Waals surface area contributed by atoms with E-state index in [1.54, 1.807) is 6.20 Å². The molecule has 2 aromatic carbocycles. The molecule has 29 heavy (non-hydrogen) atoms. The number of ether oxygens (including phenoxy) is 1. The molecule has 10 heteroatoms. The van der Waals surface area contributed by atoms with E-state index in [-0.39, 0.29) is 16.2 Å². The molecule has 0 atom stereocenters. The van der Waals surface area contributed by atoms with Crippen LogP contribution in [0.2, 0.25) is 5.02 Å². The van der Waals surface area contributed by atoms with E-state index in [2.05, 4.69) is 10.3 Å². The number of benzene rings is 2. The van der Waals surface area contributed by atoms with Gasteiger partial charge in [0.05, 0.1) is 17.6 Å². The first-order chi connectivity index (χ1) is 13.7. The second-order valence-corrected chi connectivity index (χ2v) is 9.34. The minimum Gasteiger partial charge on any atom is -0.496 e. The molecule has 3 N–H and O–H groups in total. The lowest BCUT2D eigenvalue weighted by Gasteiger charge is -2.09. The average molecular weight is 452 g/mol. The van der Waals surface area contributed by atoms with Crippen LogP contribution in [0.1, 0.15) is 26.4 Å². The van der Waals surface area contributed by atoms with Gasteiger partial charge in [-0.1, -0.05) is 23.7 Å². The molecular formula is C19H18ClN3O4S2. The van der Waals surface area contributed by atoms with Crippen molar-refractivity contribution in [3.63, 3.8) is 0 Å². The number of aromatic nitrogens is 1. The van der Waals surface area contributed by atoms with Gasteiger partial charge in [0.25, 0.3) is 5.91 Å². The summed E-state index contributed by atoms with van der Waals surface area (Å²) in [6, 6.07) is 9.67. The van der Waals surface area contributed by atoms with Crippen LogP contribution >= 0.6 is 22.9 Å². The van der Waals surface area contributed by atoms with Gasteiger partial charge in [-0.05, 0) is 42.3 Å². The Kier molecular flexibility index (Phi) is 6.23. The summed E-state index contributed by atoms with van der Waals surface area (Å²) in [6.07, 6.45) is 2.30. The maximum atomic E-state index is 12.6. The monoisotopic (exact) mass is 451 g/mol. The Bertz CT molecular complexity index is 1180. The lowest BCUT2D eigenvalue weighted by atomic mass is 10.1. The number of halogens is 1. The van der Waals surface area contributed by atoms with Crippen LogP contribution in [0.25, 0.3) is 0 Å². The maximum Gasteiger partial charge on any atom is 0.261 e. The molecule has 0 fully saturated rings. The first-order valence-electron chi connectivity index (χ1n) is 8.39. The van der Waals surface area contributed by atoms with Crippen molar-refractivity contribution < 1.29 is 17.9 Å². The van der Waals surface area contributed by atoms with E-state index in [1.165, 1.54) is 36.6 Å². The van der Waals surface area contributed by atoms with Crippen LogP contribution in [-0.4, -0.2) is 26.4 Å². The molecule has 152 valence electrons. The van der Waals surface area contributed by atoms with Gasteiger partial charge in [-0.15, -0.1) is 11.3 Å². The predicted molar refractivity (Wildman–Crippen MR) is 113 cm³/mol. The number of hydrogen-bond donors (Lipinski definition) is 2. The highest BCUT2D eigenvalue weighted by Gasteiger charge is 2.18. The SMILES string of the molecule is COc1ccc(S(N)(=O)=O)cc1C(=O)Nc1ncc(Cc2ccc(C)c(Cl)c2)s1. The summed E-state index contributed by atoms with van der Waals surface area (Å²) in [5, 5.41) is 8.89. The summed E-state index contributed by atoms with van der Waals surface area (Å²) < 4.78 is 28.3. The number of nitrogens with two attached hydrogens (primary N) is 1. The highest BCUT2D eigenvalue weighted by atomic mass is 35.5. The van der Waals surface area contributed by atoms with E-state index in [0.717, 1.165) is 16.0 Å². The van der Waals surface area contributed by atoms with Crippen molar-refractivity contribution in [2.24, 2.45) is 5.14 Å². The van der Waals surface area contributed by atoms with Crippen LogP contribution in [0.15, 0.2) is 47.5 Å². The Morgan fingerprint density at radius 3 is 2.69 bits per heavy atom. The smallest absolute Gasteiger partial charge is 0.261 e. The molecule has 0 bridgehead atoms. The highest BCUT2D eigenvalue weighted by Crippen LogP contribution is 2.26. The molecule has 3 aromatic rings. The number of thiazole rings is 1. The van der Waals surface area contributed by atoms with Crippen LogP contribution in [0.3, 0.4) is 0 Å². The zero-order valence-electron chi connectivity index (χ0n) is 15.6. The van der Waals surface area contributed by atoms with E-state index in [1.807, 2.05) is 25.1 Å². The fourth-order valence-electron chi connectivity index (χ4n) is 2.60. The minimum absolute atomic E-state index is 0.0427. The number of primary sulfonamides is 1. The van der Waals surface area contributed by atoms with Crippen molar-refractivity contribution in [2.45, 2.75) is 18.2 Å². The van der Waals surface area contributed by atoms with Gasteiger partial charge < -0.3 is 4.74 Å². The van der Waals surface area contributed by atoms with Gasteiger partial charge in [0.15, 0.2) is 5.13 Å². The zero-order valence-corrected chi connectivity index (χ0v) is 18.0. The lowest BCUT2D eigenvalue weighted by Crippen LogP contribution is -2.16. The van der Waals surface area contributed by atoms with Crippen molar-refractivity contribution in [1.29, 1.82) is 0 Å². The van der Waals surface area contributed by atoms with Gasteiger partial charge in [-0.3, -0.25) is 10.1 Å². The van der Waals surface area contributed by atoms with Gasteiger partial charge in [0, 0.05) is 22.5 Å². The van der Waals surface area contributed by atoms with Crippen LogP contribution < -0.4 is 15.2 Å². The molecule has 0 saturated heterocycles. The number of hydrogen-bond acceptors (Lipinski definition) is 6. The lowest BCUT2D eigenvalue weighted by molar-refractivity contribution is 0.102. The van der Waals surface area contributed by atoms with Crippen molar-refractivity contribution in [2.75, 3.05) is 12.4 Å². The van der Waals surface area contributed by atoms with Gasteiger partial charge in [-0.2, -0.15) is 0 Å². The highest BCUT2D eigenvalue weighted by molar-refractivity contribution is 7.89. The Hall–Kier alpha value is -2.46. The Labute approximate surface area is 177 Å². The summed E-state index contributed by atoms with van der Waals surface area (Å²) in [5.74, 6) is -0.326. The van der Waals surface area contributed by atoms with Crippen molar-refractivity contribution in [3.8, 4) is 5.75 Å². The van der Waals surface area contributed by atoms with E-state index >= 15 is 0 Å². The fraction of sp³-hybridized carbons (Fsp3) is 0.158. The standard InChI is InChI=1S/C19H18ClN3O4S2/c1-11-3-4-12(8-16(11)20)7-13-10-22-19(28-13)23-18(24)15-9-14(29(21,25)26)5-6-17(15)27-2/h3-6,8-10H,7H2,1-2H3,(H2,21,25,26)(H,22,23,24). The number of carbonyl (C=O) groups excluding carboxylic acids is 1. The van der Waals surface area contributed by atoms with E-state index in [0.29, 0.717) is 16.6 Å². The molecule has 0 aliphatic carbocycles. The summed E-state index contributed by atoms with van der Waals surface area (Å²) in [6.45, 7) is 1.94. The number of nitrogens with zero attached hydrogens (tertiary/aromatic N) is 1. The van der Waals surface area contributed by atoms with Crippen LogP contribution in [0.4, 0.5) is 5.13 Å². The number of aryl methyl sites for hydroxylation is 1. The number of amides is 1. The third-order valence-corrected chi connectivity index (χ3v) is 6.36. The molecular weight excluding hydrogens is 434 g/mol. The number of anilines is 1. The first kappa shape index (κ1) is 21.3. The van der Waals surface area contributed by atoms with Crippen LogP contribution in [0.5, 0.6) is 5.75 Å². The first-order valence-corrected chi connectivity index (χ1v) is 11.1. The quantitative estimate of drug-likeness (QED) is 0.594. The molecule has 0 radical (unpaired) electrons. The Morgan fingerprint density at radius 1 is 1.28 bits per heavy atom. The maximum absolute atomic E-state index is 12.6. The van der Waals surface area contributed by atoms with Crippen LogP contribution in [-0.2, 0) is 16.4 Å². The molecule has 0 aliphatic heterocycles. The average Bonchev–Trinajstić information content (AvgIpc) is 3.10. The van der Waals surface area contributed by atoms with E-state index < -0.39 is 15.9 Å². The molecule has 3 rings (SSSR count). The predicted octanol–water partition coefficient (Wildman–Crippen LogP) is 3.60. The molecule has 0 spiro atoms. The fourth-order valence-corrected chi connectivity index (χ4v) is 4.19. The molecule has 0 unspecified atom stereocenters. The van der Waals surface area contributed by atoms with Gasteiger partial charge >= 0.3 is 0 Å². The molecule has 7 nitrogen and oxygen atoms in total. The van der Waals surface area contributed by atoms with E-state index in [4.69, 9.17) is 21.5 Å². The summed E-state index contributed by atoms with van der Waals surface area (Å²) in [7, 11) is -2.57. The molecule has 1 amide bonds. The third-order valence-electron chi connectivity index (χ3n) is 4.13. The molecule has 1 aromatic heterocycles. The number of rotatable bonds is 6. The summed E-state index contributed by atoms with van der Waals surface area (Å²) in [5.41, 5.74) is 2.08. The topological polar surface area (TPSA) is 111 Å². The van der Waals surface area contributed by atoms with Gasteiger partial charge in [0.1, 0.15) is 5.75 Å². The summed E-state index contributed by atoms with van der Waals surface area (Å²) in [4.78, 5) is 17.6.